The molecule has 0 N–H and O–H groups in total. The maximum Gasteiger partial charge on any atom is 0.106 e. The summed E-state index contributed by atoms with van der Waals surface area (Å²) < 4.78 is 5.28. The van der Waals surface area contributed by atoms with Crippen LogP contribution in [0.2, 0.25) is 0 Å². The quantitative estimate of drug-likeness (QED) is 0.161. The lowest BCUT2D eigenvalue weighted by molar-refractivity contribution is 1.30. The summed E-state index contributed by atoms with van der Waals surface area (Å²) in [4.78, 5) is 8.41. The van der Waals surface area contributed by atoms with Gasteiger partial charge in [-0.3, -0.25) is 0 Å². The van der Waals surface area contributed by atoms with Gasteiger partial charge in [0.15, 0.2) is 0 Å². The maximum absolute atomic E-state index is 5.83. The summed E-state index contributed by atoms with van der Waals surface area (Å²) in [5, 5.41) is 10.2. The molecule has 0 saturated carbocycles. The Balaban J connectivity index is 1.20. The van der Waals surface area contributed by atoms with Crippen LogP contribution < -0.4 is 4.90 Å². The Bertz CT molecular complexity index is 3490. The Morgan fingerprint density at radius 1 is 0.466 bits per heavy atom. The molecule has 0 radical (unpaired) electrons. The number of benzene rings is 9. The third kappa shape index (κ3) is 5.01. The van der Waals surface area contributed by atoms with Gasteiger partial charge in [-0.05, 0) is 88.0 Å². The minimum atomic E-state index is -0.760. The molecule has 0 fully saturated rings. The first-order valence-electron chi connectivity index (χ1n) is 19.8. The molecule has 12 rings (SSSR count). The van der Waals surface area contributed by atoms with Crippen LogP contribution in [0.5, 0.6) is 0 Å². The van der Waals surface area contributed by atoms with E-state index in [1.54, 1.807) is 0 Å². The van der Waals surface area contributed by atoms with E-state index in [9.17, 15) is 0 Å². The Hall–Kier alpha value is -6.21. The number of fused-ring (bicyclic) bond motifs is 8. The van der Waals surface area contributed by atoms with E-state index in [1.807, 2.05) is 11.3 Å². The fraction of sp³-hybridized carbons (Fsp3) is 0.0370. The summed E-state index contributed by atoms with van der Waals surface area (Å²) in [6.07, 6.45) is 0. The smallest absolute Gasteiger partial charge is 0.106 e. The Kier molecular flexibility index (Phi) is 7.69. The van der Waals surface area contributed by atoms with Gasteiger partial charge in [0, 0.05) is 51.1 Å². The van der Waals surface area contributed by atoms with Gasteiger partial charge in [-0.1, -0.05) is 166 Å². The van der Waals surface area contributed by atoms with Gasteiger partial charge in [-0.25, -0.2) is 4.99 Å². The molecule has 2 aliphatic rings. The summed E-state index contributed by atoms with van der Waals surface area (Å²) in [7, 11) is 0. The first-order valence-corrected chi connectivity index (χ1v) is 22.7. The van der Waals surface area contributed by atoms with Gasteiger partial charge in [0.25, 0.3) is 0 Å². The van der Waals surface area contributed by atoms with Crippen molar-refractivity contribution in [3.8, 4) is 11.1 Å². The number of aliphatic imine (C=N–C) groups is 1. The molecule has 4 heteroatoms. The first-order chi connectivity index (χ1) is 28.6. The average molecular weight is 871 g/mol. The van der Waals surface area contributed by atoms with Crippen molar-refractivity contribution in [1.29, 1.82) is 0 Å². The van der Waals surface area contributed by atoms with E-state index in [0.717, 1.165) is 5.70 Å². The molecule has 0 amide bonds. The molecule has 9 aromatic carbocycles. The molecule has 0 saturated heterocycles. The van der Waals surface area contributed by atoms with E-state index in [4.69, 9.17) is 4.99 Å². The minimum absolute atomic E-state index is 0.760. The van der Waals surface area contributed by atoms with Crippen LogP contribution in [-0.2, 0) is 0 Å². The van der Waals surface area contributed by atoms with Crippen molar-refractivity contribution >= 4 is 115 Å². The number of hydrogen-bond acceptors (Lipinski definition) is 3. The molecular formula is C54H35IN2S. The number of rotatable bonds is 4. The summed E-state index contributed by atoms with van der Waals surface area (Å²) in [6, 6.07) is 65.2. The SMILES string of the molecule is CC1=C(c2ccccc2C)N=C(c2ccc3ccccc3c2N2c3ccc4ccccc4c3-c3cccc4cccc2c34)I=C1c1cccc2sc3ccccc3c12. The van der Waals surface area contributed by atoms with Crippen LogP contribution in [0.25, 0.3) is 69.3 Å². The van der Waals surface area contributed by atoms with E-state index in [2.05, 4.69) is 195 Å². The Morgan fingerprint density at radius 2 is 1.10 bits per heavy atom. The fourth-order valence-corrected chi connectivity index (χ4v) is 13.5. The first kappa shape index (κ1) is 33.9. The van der Waals surface area contributed by atoms with Crippen molar-refractivity contribution in [3.05, 3.63) is 204 Å². The van der Waals surface area contributed by atoms with Crippen molar-refractivity contribution in [2.75, 3.05) is 4.90 Å². The van der Waals surface area contributed by atoms with Crippen LogP contribution in [0, 0.1) is 6.92 Å². The molecule has 0 spiro atoms. The lowest BCUT2D eigenvalue weighted by Crippen LogP contribution is -2.19. The highest BCUT2D eigenvalue weighted by Crippen LogP contribution is 2.55. The largest absolute Gasteiger partial charge is 0.308 e. The normalized spacial score (nSPS) is 13.9. The maximum atomic E-state index is 5.83. The molecule has 0 aliphatic carbocycles. The predicted molar refractivity (Wildman–Crippen MR) is 260 cm³/mol. The standard InChI is InChI=1S/C54H35IN2S/c1-32-14-3-6-19-37(32)52-33(2)51(42-24-13-27-47-50(42)40-22-9-10-26-46(40)58-47)55-54(56-52)43-30-28-35-16-5-8-21-39(35)53(43)57-44-25-12-18-36-17-11-23-41(48(36)44)49-38-20-7-4-15-34(38)29-31-45(49)57/h3-31H,1-2H3. The van der Waals surface area contributed by atoms with Crippen LogP contribution in [0.3, 0.4) is 0 Å². The van der Waals surface area contributed by atoms with Gasteiger partial charge in [0.2, 0.25) is 0 Å². The molecule has 0 unspecified atom stereocenters. The average Bonchev–Trinajstić information content (AvgIpc) is 3.66. The van der Waals surface area contributed by atoms with Crippen molar-refractivity contribution in [1.82, 2.24) is 0 Å². The lowest BCUT2D eigenvalue weighted by atomic mass is 9.87. The molecule has 58 heavy (non-hydrogen) atoms. The summed E-state index contributed by atoms with van der Waals surface area (Å²) >= 11 is 1.13. The Morgan fingerprint density at radius 3 is 1.97 bits per heavy atom. The van der Waals surface area contributed by atoms with E-state index >= 15 is 0 Å². The number of aryl methyl sites for hydroxylation is 1. The molecular weight excluding hydrogens is 836 g/mol. The molecule has 2 aliphatic heterocycles. The zero-order valence-corrected chi connectivity index (χ0v) is 34.9. The highest BCUT2D eigenvalue weighted by Gasteiger charge is 2.32. The molecule has 2 nitrogen and oxygen atoms in total. The number of allylic oxidation sites excluding steroid dienone is 1. The molecule has 1 aromatic heterocycles. The highest BCUT2D eigenvalue weighted by molar-refractivity contribution is 14.2. The third-order valence-electron chi connectivity index (χ3n) is 12.0. The van der Waals surface area contributed by atoms with Crippen LogP contribution >= 0.6 is 32.1 Å². The van der Waals surface area contributed by atoms with E-state index in [0.29, 0.717) is 0 Å². The van der Waals surface area contributed by atoms with Crippen LogP contribution in [0.1, 0.15) is 29.2 Å². The van der Waals surface area contributed by atoms with Gasteiger partial charge in [-0.15, -0.1) is 11.3 Å². The monoisotopic (exact) mass is 870 g/mol. The number of halogens is 1. The molecule has 10 aromatic rings. The Labute approximate surface area is 350 Å². The number of nitrogens with zero attached hydrogens (tertiary/aromatic N) is 2. The minimum Gasteiger partial charge on any atom is -0.308 e. The van der Waals surface area contributed by atoms with Crippen molar-refractivity contribution in [2.45, 2.75) is 13.8 Å². The van der Waals surface area contributed by atoms with Crippen molar-refractivity contribution in [2.24, 2.45) is 4.99 Å². The van der Waals surface area contributed by atoms with Gasteiger partial charge in [-0.2, -0.15) is 0 Å². The fourth-order valence-electron chi connectivity index (χ4n) is 9.37. The number of hydrogen-bond donors (Lipinski definition) is 0. The lowest BCUT2D eigenvalue weighted by Gasteiger charge is -2.36. The molecule has 274 valence electrons. The van der Waals surface area contributed by atoms with Gasteiger partial charge in [0.1, 0.15) is 3.72 Å². The molecule has 0 atom stereocenters. The second kappa shape index (κ2) is 13.2. The van der Waals surface area contributed by atoms with Crippen LogP contribution in [0.4, 0.5) is 17.1 Å². The third-order valence-corrected chi connectivity index (χ3v) is 16.4. The zero-order chi connectivity index (χ0) is 38.5. The second-order valence-electron chi connectivity index (χ2n) is 15.3. The van der Waals surface area contributed by atoms with Gasteiger partial charge >= 0.3 is 0 Å². The van der Waals surface area contributed by atoms with Crippen LogP contribution in [0.15, 0.2) is 186 Å². The topological polar surface area (TPSA) is 15.6 Å². The van der Waals surface area contributed by atoms with E-state index in [-0.39, 0.29) is 0 Å². The van der Waals surface area contributed by atoms with E-state index < -0.39 is 20.7 Å². The summed E-state index contributed by atoms with van der Waals surface area (Å²) in [5.41, 5.74) is 13.5. The summed E-state index contributed by atoms with van der Waals surface area (Å²) in [5.74, 6) is 0. The highest BCUT2D eigenvalue weighted by atomic mass is 127. The number of anilines is 3. The molecule has 3 heterocycles. The van der Waals surface area contributed by atoms with Crippen LogP contribution in [-0.4, -0.2) is 7.23 Å². The number of thiophene rings is 1. The van der Waals surface area contributed by atoms with Gasteiger partial charge < -0.3 is 4.90 Å². The van der Waals surface area contributed by atoms with Gasteiger partial charge in [0.05, 0.1) is 22.8 Å². The molecule has 0 bridgehead atoms. The predicted octanol–water partition coefficient (Wildman–Crippen LogP) is 15.7. The zero-order valence-electron chi connectivity index (χ0n) is 31.9. The second-order valence-corrected chi connectivity index (χ2v) is 19.0. The van der Waals surface area contributed by atoms with Crippen molar-refractivity contribution < 1.29 is 0 Å². The van der Waals surface area contributed by atoms with E-state index in [1.165, 1.54) is 116 Å². The summed E-state index contributed by atoms with van der Waals surface area (Å²) in [6.45, 7) is 4.53. The van der Waals surface area contributed by atoms with Crippen molar-refractivity contribution in [3.63, 3.8) is 0 Å².